The number of carbonyl (C=O) groups excluding carboxylic acids is 1. The average Bonchev–Trinajstić information content (AvgIpc) is 3.20. The van der Waals surface area contributed by atoms with Crippen LogP contribution in [0.3, 0.4) is 0 Å². The van der Waals surface area contributed by atoms with Gasteiger partial charge in [-0.05, 0) is 18.2 Å². The van der Waals surface area contributed by atoms with Crippen LogP contribution in [0.25, 0.3) is 21.3 Å². The SMILES string of the molecule is O=C(NCc1nc2c(F)c(F)ccc2[nH]1)c1nc2cnccc2s1. The van der Waals surface area contributed by atoms with E-state index in [9.17, 15) is 13.6 Å². The highest BCUT2D eigenvalue weighted by Crippen LogP contribution is 2.21. The Balaban J connectivity index is 1.54. The molecule has 0 saturated carbocycles. The first-order valence-electron chi connectivity index (χ1n) is 6.93. The maximum atomic E-state index is 13.6. The summed E-state index contributed by atoms with van der Waals surface area (Å²) in [5.74, 6) is -2.03. The van der Waals surface area contributed by atoms with Crippen molar-refractivity contribution in [1.82, 2.24) is 25.3 Å². The molecule has 0 aliphatic carbocycles. The highest BCUT2D eigenvalue weighted by Gasteiger charge is 2.15. The molecule has 0 fully saturated rings. The second kappa shape index (κ2) is 5.60. The Labute approximate surface area is 137 Å². The van der Waals surface area contributed by atoms with E-state index < -0.39 is 11.6 Å². The number of thiazole rings is 1. The molecule has 9 heteroatoms. The summed E-state index contributed by atoms with van der Waals surface area (Å²) in [7, 11) is 0. The maximum absolute atomic E-state index is 13.6. The van der Waals surface area contributed by atoms with Crippen LogP contribution in [0.4, 0.5) is 8.78 Å². The van der Waals surface area contributed by atoms with E-state index >= 15 is 0 Å². The van der Waals surface area contributed by atoms with Crippen molar-refractivity contribution in [1.29, 1.82) is 0 Å². The summed E-state index contributed by atoms with van der Waals surface area (Å²) in [6.07, 6.45) is 3.21. The minimum atomic E-state index is -1.01. The fourth-order valence-corrected chi connectivity index (χ4v) is 3.12. The number of benzene rings is 1. The van der Waals surface area contributed by atoms with Crippen LogP contribution in [-0.4, -0.2) is 25.8 Å². The molecule has 2 N–H and O–H groups in total. The summed E-state index contributed by atoms with van der Waals surface area (Å²) in [6, 6.07) is 4.19. The summed E-state index contributed by atoms with van der Waals surface area (Å²) in [4.78, 5) is 27.1. The predicted molar refractivity (Wildman–Crippen MR) is 84.6 cm³/mol. The van der Waals surface area contributed by atoms with E-state index in [0.717, 1.165) is 10.8 Å². The van der Waals surface area contributed by atoms with Crippen LogP contribution in [0.15, 0.2) is 30.6 Å². The van der Waals surface area contributed by atoms with Gasteiger partial charge in [-0.2, -0.15) is 0 Å². The normalized spacial score (nSPS) is 11.2. The summed E-state index contributed by atoms with van der Waals surface area (Å²) < 4.78 is 27.7. The molecule has 1 aromatic carbocycles. The number of hydrogen-bond acceptors (Lipinski definition) is 5. The topological polar surface area (TPSA) is 83.6 Å². The molecule has 0 atom stereocenters. The Morgan fingerprint density at radius 2 is 2.12 bits per heavy atom. The molecular weight excluding hydrogens is 336 g/mol. The number of pyridine rings is 1. The van der Waals surface area contributed by atoms with Gasteiger partial charge in [0, 0.05) is 6.20 Å². The summed E-state index contributed by atoms with van der Waals surface area (Å²) in [6.45, 7) is 0.0444. The van der Waals surface area contributed by atoms with E-state index in [1.165, 1.54) is 17.4 Å². The highest BCUT2D eigenvalue weighted by atomic mass is 32.1. The lowest BCUT2D eigenvalue weighted by Gasteiger charge is -1.99. The number of aromatic nitrogens is 4. The van der Waals surface area contributed by atoms with Gasteiger partial charge in [0.15, 0.2) is 16.6 Å². The van der Waals surface area contributed by atoms with Gasteiger partial charge in [0.05, 0.1) is 23.0 Å². The molecule has 120 valence electrons. The average molecular weight is 345 g/mol. The second-order valence-electron chi connectivity index (χ2n) is 4.99. The smallest absolute Gasteiger partial charge is 0.280 e. The third kappa shape index (κ3) is 2.48. The number of H-pyrrole nitrogens is 1. The fraction of sp³-hybridized carbons (Fsp3) is 0.0667. The number of fused-ring (bicyclic) bond motifs is 2. The van der Waals surface area contributed by atoms with Crippen LogP contribution < -0.4 is 5.32 Å². The van der Waals surface area contributed by atoms with E-state index in [-0.39, 0.29) is 18.0 Å². The van der Waals surface area contributed by atoms with Gasteiger partial charge in [-0.1, -0.05) is 0 Å². The zero-order chi connectivity index (χ0) is 16.7. The molecule has 0 radical (unpaired) electrons. The Bertz CT molecular complexity index is 1040. The summed E-state index contributed by atoms with van der Waals surface area (Å²) in [5.41, 5.74) is 0.920. The lowest BCUT2D eigenvalue weighted by atomic mass is 10.3. The number of rotatable bonds is 3. The van der Waals surface area contributed by atoms with E-state index in [4.69, 9.17) is 0 Å². The molecule has 6 nitrogen and oxygen atoms in total. The lowest BCUT2D eigenvalue weighted by molar-refractivity contribution is 0.0950. The van der Waals surface area contributed by atoms with E-state index in [1.807, 2.05) is 0 Å². The molecule has 4 aromatic rings. The van der Waals surface area contributed by atoms with Crippen LogP contribution in [0, 0.1) is 11.6 Å². The number of nitrogens with one attached hydrogen (secondary N) is 2. The van der Waals surface area contributed by atoms with Crippen LogP contribution in [0.5, 0.6) is 0 Å². The molecule has 0 aliphatic rings. The number of halogens is 2. The second-order valence-corrected chi connectivity index (χ2v) is 6.02. The van der Waals surface area contributed by atoms with Crippen molar-refractivity contribution in [3.63, 3.8) is 0 Å². The lowest BCUT2D eigenvalue weighted by Crippen LogP contribution is -2.23. The van der Waals surface area contributed by atoms with Crippen LogP contribution in [0.2, 0.25) is 0 Å². The number of carbonyl (C=O) groups is 1. The van der Waals surface area contributed by atoms with Gasteiger partial charge >= 0.3 is 0 Å². The van der Waals surface area contributed by atoms with Crippen molar-refractivity contribution in [2.75, 3.05) is 0 Å². The Hall–Kier alpha value is -2.94. The van der Waals surface area contributed by atoms with Gasteiger partial charge in [-0.25, -0.2) is 18.7 Å². The van der Waals surface area contributed by atoms with Crippen molar-refractivity contribution >= 4 is 38.5 Å². The van der Waals surface area contributed by atoms with Crippen LogP contribution in [0.1, 0.15) is 15.6 Å². The molecule has 3 heterocycles. The van der Waals surface area contributed by atoms with Crippen LogP contribution in [-0.2, 0) is 6.54 Å². The third-order valence-electron chi connectivity index (χ3n) is 3.40. The molecular formula is C15H9F2N5OS. The number of aromatic amines is 1. The summed E-state index contributed by atoms with van der Waals surface area (Å²) in [5, 5.41) is 2.95. The Kier molecular flexibility index (Phi) is 3.42. The van der Waals surface area contributed by atoms with E-state index in [2.05, 4.69) is 25.3 Å². The van der Waals surface area contributed by atoms with Crippen molar-refractivity contribution in [3.8, 4) is 0 Å². The Morgan fingerprint density at radius 1 is 1.25 bits per heavy atom. The van der Waals surface area contributed by atoms with Crippen molar-refractivity contribution in [3.05, 3.63) is 53.1 Å². The Morgan fingerprint density at radius 3 is 2.96 bits per heavy atom. The first-order valence-corrected chi connectivity index (χ1v) is 7.75. The molecule has 3 aromatic heterocycles. The molecule has 1 amide bonds. The third-order valence-corrected chi connectivity index (χ3v) is 4.43. The zero-order valence-electron chi connectivity index (χ0n) is 12.0. The number of amides is 1. The number of hydrogen-bond donors (Lipinski definition) is 2. The molecule has 0 bridgehead atoms. The van der Waals surface area contributed by atoms with Gasteiger partial charge < -0.3 is 10.3 Å². The van der Waals surface area contributed by atoms with Crippen molar-refractivity contribution in [2.45, 2.75) is 6.54 Å². The molecule has 24 heavy (non-hydrogen) atoms. The largest absolute Gasteiger partial charge is 0.343 e. The fourth-order valence-electron chi connectivity index (χ4n) is 2.27. The first-order chi connectivity index (χ1) is 11.6. The molecule has 0 aliphatic heterocycles. The summed E-state index contributed by atoms with van der Waals surface area (Å²) >= 11 is 1.25. The molecule has 0 saturated heterocycles. The zero-order valence-corrected chi connectivity index (χ0v) is 12.8. The number of nitrogens with zero attached hydrogens (tertiary/aromatic N) is 3. The van der Waals surface area contributed by atoms with Gasteiger partial charge in [0.25, 0.3) is 5.91 Å². The van der Waals surface area contributed by atoms with Crippen molar-refractivity contribution in [2.24, 2.45) is 0 Å². The molecule has 0 unspecified atom stereocenters. The van der Waals surface area contributed by atoms with Crippen LogP contribution >= 0.6 is 11.3 Å². The van der Waals surface area contributed by atoms with Gasteiger partial charge in [0.2, 0.25) is 0 Å². The standard InChI is InChI=1S/C15H9F2N5OS/c16-7-1-2-8-13(12(7)17)22-11(20-8)6-19-14(23)15-21-9-5-18-4-3-10(9)24-15/h1-5H,6H2,(H,19,23)(H,20,22). The number of imidazole rings is 1. The highest BCUT2D eigenvalue weighted by molar-refractivity contribution is 7.20. The minimum absolute atomic E-state index is 0.0444. The van der Waals surface area contributed by atoms with Gasteiger partial charge in [-0.15, -0.1) is 11.3 Å². The van der Waals surface area contributed by atoms with E-state index in [1.54, 1.807) is 18.5 Å². The maximum Gasteiger partial charge on any atom is 0.280 e. The van der Waals surface area contributed by atoms with Gasteiger partial charge in [0.1, 0.15) is 16.9 Å². The van der Waals surface area contributed by atoms with E-state index in [0.29, 0.717) is 21.9 Å². The van der Waals surface area contributed by atoms with Gasteiger partial charge in [-0.3, -0.25) is 9.78 Å². The molecule has 4 rings (SSSR count). The monoisotopic (exact) mass is 345 g/mol. The molecule has 0 spiro atoms. The predicted octanol–water partition coefficient (Wildman–Crippen LogP) is 2.78. The minimum Gasteiger partial charge on any atom is -0.343 e. The quantitative estimate of drug-likeness (QED) is 0.598. The first kappa shape index (κ1) is 14.6. The van der Waals surface area contributed by atoms with Crippen molar-refractivity contribution < 1.29 is 13.6 Å².